The highest BCUT2D eigenvalue weighted by Crippen LogP contribution is 2.60. The average molecular weight is 738 g/mol. The van der Waals surface area contributed by atoms with Crippen molar-refractivity contribution in [3.63, 3.8) is 0 Å². The van der Waals surface area contributed by atoms with Crippen LogP contribution in [0, 0.1) is 5.92 Å². The third kappa shape index (κ3) is 6.48. The van der Waals surface area contributed by atoms with E-state index in [-0.39, 0.29) is 43.8 Å². The monoisotopic (exact) mass is 736 g/mol. The van der Waals surface area contributed by atoms with Crippen LogP contribution in [0.25, 0.3) is 0 Å². The smallest absolute Gasteiger partial charge is 0.264 e. The fourth-order valence-corrected chi connectivity index (χ4v) is 10.6. The summed E-state index contributed by atoms with van der Waals surface area (Å²) in [5.74, 6) is -1.07. The number of hydrogen-bond acceptors (Lipinski definition) is 6. The molecule has 4 atom stereocenters. The van der Waals surface area contributed by atoms with Crippen LogP contribution in [0.4, 0.5) is 15.5 Å². The van der Waals surface area contributed by atoms with Gasteiger partial charge in [-0.15, -0.1) is 0 Å². The third-order valence-electron chi connectivity index (χ3n) is 9.92. The SMILES string of the molecule is C[C@@H]1[C@@H]([Si](C)(C)F)[C@H](CC(=O)N(CCO)Cc2ccccc2)O[C@@]12C(=O)N(Cc1ccc(N3CCNCC3=O)cc1)c1ccc(Br)cc12. The van der Waals surface area contributed by atoms with E-state index in [4.69, 9.17) is 4.74 Å². The summed E-state index contributed by atoms with van der Waals surface area (Å²) in [4.78, 5) is 46.0. The fourth-order valence-electron chi connectivity index (χ4n) is 7.74. The predicted octanol–water partition coefficient (Wildman–Crippen LogP) is 5.12. The lowest BCUT2D eigenvalue weighted by Gasteiger charge is -2.31. The van der Waals surface area contributed by atoms with Crippen molar-refractivity contribution in [2.24, 2.45) is 5.92 Å². The highest BCUT2D eigenvalue weighted by atomic mass is 79.9. The van der Waals surface area contributed by atoms with Crippen LogP contribution >= 0.6 is 15.9 Å². The Morgan fingerprint density at radius 2 is 1.83 bits per heavy atom. The summed E-state index contributed by atoms with van der Waals surface area (Å²) in [6.07, 6.45) is -0.935. The quantitative estimate of drug-likeness (QED) is 0.222. The molecule has 3 aromatic carbocycles. The molecular weight excluding hydrogens is 695 g/mol. The Bertz CT molecular complexity index is 1670. The molecule has 0 aliphatic carbocycles. The van der Waals surface area contributed by atoms with Crippen molar-refractivity contribution in [3.05, 3.63) is 94.0 Å². The van der Waals surface area contributed by atoms with Gasteiger partial charge in [0.25, 0.3) is 5.91 Å². The Labute approximate surface area is 290 Å². The van der Waals surface area contributed by atoms with Crippen molar-refractivity contribution in [2.45, 2.75) is 56.8 Å². The molecule has 1 spiro atoms. The number of carbonyl (C=O) groups excluding carboxylic acids is 3. The zero-order valence-corrected chi connectivity index (χ0v) is 30.1. The second-order valence-corrected chi connectivity index (χ2v) is 18.2. The molecule has 0 bridgehead atoms. The molecule has 3 aliphatic rings. The van der Waals surface area contributed by atoms with E-state index in [9.17, 15) is 19.5 Å². The van der Waals surface area contributed by atoms with Gasteiger partial charge in [-0.3, -0.25) is 14.4 Å². The number of aliphatic hydroxyl groups excluding tert-OH is 1. The molecule has 2 fully saturated rings. The molecule has 12 heteroatoms. The molecule has 3 aliphatic heterocycles. The molecule has 0 aromatic heterocycles. The number of halogens is 2. The highest BCUT2D eigenvalue weighted by Gasteiger charge is 2.67. The second kappa shape index (κ2) is 13.8. The molecule has 3 aromatic rings. The Morgan fingerprint density at radius 3 is 2.50 bits per heavy atom. The zero-order valence-electron chi connectivity index (χ0n) is 27.5. The van der Waals surface area contributed by atoms with Gasteiger partial charge < -0.3 is 34.0 Å². The molecule has 3 amide bonds. The molecule has 6 rings (SSSR count). The van der Waals surface area contributed by atoms with Gasteiger partial charge >= 0.3 is 0 Å². The number of piperazine rings is 1. The second-order valence-electron chi connectivity index (χ2n) is 13.4. The molecule has 9 nitrogen and oxygen atoms in total. The van der Waals surface area contributed by atoms with Gasteiger partial charge in [0.05, 0.1) is 37.9 Å². The van der Waals surface area contributed by atoms with E-state index in [1.807, 2.05) is 79.7 Å². The van der Waals surface area contributed by atoms with Crippen LogP contribution in [-0.4, -0.2) is 75.0 Å². The van der Waals surface area contributed by atoms with E-state index in [0.29, 0.717) is 30.9 Å². The van der Waals surface area contributed by atoms with E-state index in [1.165, 1.54) is 0 Å². The molecule has 48 heavy (non-hydrogen) atoms. The summed E-state index contributed by atoms with van der Waals surface area (Å²) in [6.45, 7) is 7.21. The van der Waals surface area contributed by atoms with Gasteiger partial charge in [0.2, 0.25) is 20.2 Å². The van der Waals surface area contributed by atoms with Gasteiger partial charge in [0.15, 0.2) is 5.60 Å². The maximum atomic E-state index is 16.4. The van der Waals surface area contributed by atoms with E-state index in [1.54, 1.807) is 27.8 Å². The number of ether oxygens (including phenoxy) is 1. The first-order valence-corrected chi connectivity index (χ1v) is 20.2. The largest absolute Gasteiger partial charge is 0.395 e. The normalized spacial score (nSPS) is 24.0. The van der Waals surface area contributed by atoms with Crippen LogP contribution in [0.3, 0.4) is 0 Å². The van der Waals surface area contributed by atoms with Crippen molar-refractivity contribution < 1.29 is 28.3 Å². The van der Waals surface area contributed by atoms with Gasteiger partial charge in [-0.2, -0.15) is 0 Å². The molecular formula is C36H42BrFN4O5Si. The molecule has 0 unspecified atom stereocenters. The van der Waals surface area contributed by atoms with E-state index in [2.05, 4.69) is 21.2 Å². The average Bonchev–Trinajstić information content (AvgIpc) is 3.48. The summed E-state index contributed by atoms with van der Waals surface area (Å²) >= 11 is 3.58. The summed E-state index contributed by atoms with van der Waals surface area (Å²) < 4.78 is 23.9. The number of rotatable bonds is 10. The molecule has 0 saturated carbocycles. The summed E-state index contributed by atoms with van der Waals surface area (Å²) in [7, 11) is -3.49. The lowest BCUT2D eigenvalue weighted by Crippen LogP contribution is -2.48. The number of aliphatic hydroxyl groups is 1. The van der Waals surface area contributed by atoms with Crippen molar-refractivity contribution in [1.82, 2.24) is 10.2 Å². The molecule has 2 N–H and O–H groups in total. The van der Waals surface area contributed by atoms with E-state index < -0.39 is 31.6 Å². The van der Waals surface area contributed by atoms with Crippen LogP contribution in [0.1, 0.15) is 30.0 Å². The van der Waals surface area contributed by atoms with Crippen molar-refractivity contribution in [3.8, 4) is 0 Å². The zero-order chi connectivity index (χ0) is 34.2. The first-order chi connectivity index (χ1) is 22.9. The van der Waals surface area contributed by atoms with Crippen LogP contribution in [0.15, 0.2) is 77.3 Å². The van der Waals surface area contributed by atoms with Gasteiger partial charge in [-0.05, 0) is 54.6 Å². The number of nitrogens with zero attached hydrogens (tertiary/aromatic N) is 3. The predicted molar refractivity (Wildman–Crippen MR) is 189 cm³/mol. The van der Waals surface area contributed by atoms with Crippen LogP contribution in [0.2, 0.25) is 18.6 Å². The van der Waals surface area contributed by atoms with Crippen LogP contribution < -0.4 is 15.1 Å². The molecule has 3 heterocycles. The maximum Gasteiger partial charge on any atom is 0.264 e. The number of anilines is 2. The molecule has 2 saturated heterocycles. The molecule has 254 valence electrons. The van der Waals surface area contributed by atoms with Crippen molar-refractivity contribution in [2.75, 3.05) is 42.6 Å². The van der Waals surface area contributed by atoms with Gasteiger partial charge in [0, 0.05) is 53.4 Å². The highest BCUT2D eigenvalue weighted by molar-refractivity contribution is 9.10. The minimum Gasteiger partial charge on any atom is -0.395 e. The van der Waals surface area contributed by atoms with Crippen LogP contribution in [0.5, 0.6) is 0 Å². The Kier molecular flexibility index (Phi) is 9.92. The van der Waals surface area contributed by atoms with Gasteiger partial charge in [0.1, 0.15) is 0 Å². The number of hydrogen-bond donors (Lipinski definition) is 2. The third-order valence-corrected chi connectivity index (χ3v) is 12.9. The standard InChI is InChI=1S/C36H42BrFN4O5Si/c1-24-34(48(2,3)38)31(20-32(44)40(17-18-43)22-25-7-5-4-6-8-25)47-36(24)29-19-27(37)11-14-30(29)42(35(36)46)23-26-9-12-28(13-10-26)41-16-15-39-21-33(41)45/h4-14,19,24,31,34,39,43H,15-18,20-23H2,1-3H3/t24-,31+,34-,36+/m1/s1. The first kappa shape index (κ1) is 34.4. The Balaban J connectivity index is 1.30. The maximum absolute atomic E-state index is 16.4. The van der Waals surface area contributed by atoms with E-state index in [0.717, 1.165) is 27.8 Å². The fraction of sp³-hybridized carbons (Fsp3) is 0.417. The van der Waals surface area contributed by atoms with Crippen LogP contribution in [-0.2, 0) is 37.8 Å². The number of fused-ring (bicyclic) bond motifs is 2. The lowest BCUT2D eigenvalue weighted by molar-refractivity contribution is -0.150. The van der Waals surface area contributed by atoms with Gasteiger partial charge in [-0.1, -0.05) is 65.3 Å². The Morgan fingerprint density at radius 1 is 1.10 bits per heavy atom. The number of amides is 3. The number of nitrogens with one attached hydrogen (secondary N) is 1. The van der Waals surface area contributed by atoms with Gasteiger partial charge in [-0.25, -0.2) is 0 Å². The summed E-state index contributed by atoms with van der Waals surface area (Å²) in [6, 6.07) is 22.8. The lowest BCUT2D eigenvalue weighted by atomic mass is 9.82. The summed E-state index contributed by atoms with van der Waals surface area (Å²) in [5.41, 5.74) is 1.83. The summed E-state index contributed by atoms with van der Waals surface area (Å²) in [5, 5.41) is 12.9. The Hall–Kier alpha value is -3.42. The number of benzene rings is 3. The first-order valence-electron chi connectivity index (χ1n) is 16.5. The number of carbonyl (C=O) groups is 3. The van der Waals surface area contributed by atoms with E-state index >= 15 is 4.11 Å². The minimum absolute atomic E-state index is 0.0130. The molecule has 0 radical (unpaired) electrons. The van der Waals surface area contributed by atoms with Crippen molar-refractivity contribution >= 4 is 53.4 Å². The minimum atomic E-state index is -3.49. The topological polar surface area (TPSA) is 102 Å². The van der Waals surface area contributed by atoms with Crippen molar-refractivity contribution in [1.29, 1.82) is 0 Å².